The first kappa shape index (κ1) is 17.6. The number of hydrogen-bond donors (Lipinski definition) is 2. The lowest BCUT2D eigenvalue weighted by atomic mass is 9.81. The van der Waals surface area contributed by atoms with Gasteiger partial charge in [-0.15, -0.1) is 0 Å². The first-order valence-corrected chi connectivity index (χ1v) is 10.2. The van der Waals surface area contributed by atoms with Crippen molar-refractivity contribution in [1.29, 1.82) is 0 Å². The van der Waals surface area contributed by atoms with Crippen LogP contribution in [0, 0.1) is 5.92 Å². The van der Waals surface area contributed by atoms with E-state index in [4.69, 9.17) is 0 Å². The highest BCUT2D eigenvalue weighted by Gasteiger charge is 2.43. The second-order valence-electron chi connectivity index (χ2n) is 7.86. The van der Waals surface area contributed by atoms with Gasteiger partial charge in [0.25, 0.3) is 0 Å². The summed E-state index contributed by atoms with van der Waals surface area (Å²) in [4.78, 5) is 17.2. The van der Waals surface area contributed by atoms with E-state index in [0.29, 0.717) is 25.0 Å². The number of nitrogens with zero attached hydrogens (tertiary/aromatic N) is 6. The van der Waals surface area contributed by atoms with E-state index < -0.39 is 0 Å². The number of nitrogens with one attached hydrogen (secondary N) is 2. The Hall–Kier alpha value is -2.52. The number of anilines is 1. The molecule has 2 N–H and O–H groups in total. The van der Waals surface area contributed by atoms with Crippen molar-refractivity contribution in [3.8, 4) is 5.69 Å². The van der Waals surface area contributed by atoms with E-state index in [2.05, 4.69) is 31.3 Å². The molecule has 5 rings (SSSR count). The third kappa shape index (κ3) is 3.14. The summed E-state index contributed by atoms with van der Waals surface area (Å²) in [6, 6.07) is 10.2. The Morgan fingerprint density at radius 3 is 2.61 bits per heavy atom. The Labute approximate surface area is 164 Å². The summed E-state index contributed by atoms with van der Waals surface area (Å²) < 4.78 is 1.76. The molecule has 1 aromatic carbocycles. The summed E-state index contributed by atoms with van der Waals surface area (Å²) in [6.45, 7) is 2.84. The molecule has 0 bridgehead atoms. The molecule has 2 aromatic rings. The lowest BCUT2D eigenvalue weighted by Gasteiger charge is -2.37. The Bertz CT molecular complexity index is 816. The zero-order chi connectivity index (χ0) is 18.9. The molecular formula is C19H26N8O. The van der Waals surface area contributed by atoms with Crippen LogP contribution in [0.1, 0.15) is 25.7 Å². The van der Waals surface area contributed by atoms with Crippen molar-refractivity contribution in [3.05, 3.63) is 30.3 Å². The number of piperazine rings is 1. The molecule has 2 saturated heterocycles. The number of para-hydroxylation sites is 1. The van der Waals surface area contributed by atoms with Crippen LogP contribution in [0.4, 0.5) is 5.95 Å². The standard InChI is InChI=1S/C19H26N8O/c28-18(17-15-8-4-5-9-16(15)20-21-17)25-10-12-26(13-11-25)19-22-23-24-27(19)14-6-2-1-3-7-14/h1-3,6-7,15-17,20-21H,4-5,8-13H2. The van der Waals surface area contributed by atoms with E-state index >= 15 is 0 Å². The number of hydrazine groups is 1. The summed E-state index contributed by atoms with van der Waals surface area (Å²) in [7, 11) is 0. The predicted molar refractivity (Wildman–Crippen MR) is 104 cm³/mol. The molecule has 3 atom stereocenters. The fourth-order valence-corrected chi connectivity index (χ4v) is 4.73. The smallest absolute Gasteiger partial charge is 0.250 e. The van der Waals surface area contributed by atoms with Crippen LogP contribution in [0.5, 0.6) is 0 Å². The van der Waals surface area contributed by atoms with Gasteiger partial charge < -0.3 is 9.80 Å². The molecule has 1 saturated carbocycles. The van der Waals surface area contributed by atoms with Gasteiger partial charge in [0, 0.05) is 38.1 Å². The topological polar surface area (TPSA) is 91.2 Å². The molecular weight excluding hydrogens is 356 g/mol. The second kappa shape index (κ2) is 7.48. The van der Waals surface area contributed by atoms with Gasteiger partial charge >= 0.3 is 0 Å². The molecule has 3 fully saturated rings. The number of benzene rings is 1. The highest BCUT2D eigenvalue weighted by molar-refractivity contribution is 5.83. The van der Waals surface area contributed by atoms with Crippen molar-refractivity contribution in [3.63, 3.8) is 0 Å². The molecule has 1 aromatic heterocycles. The predicted octanol–water partition coefficient (Wildman–Crippen LogP) is 0.346. The van der Waals surface area contributed by atoms with Crippen LogP contribution >= 0.6 is 0 Å². The molecule has 1 aliphatic carbocycles. The van der Waals surface area contributed by atoms with Crippen LogP contribution in [0.15, 0.2) is 30.3 Å². The van der Waals surface area contributed by atoms with E-state index in [0.717, 1.165) is 37.6 Å². The van der Waals surface area contributed by atoms with Crippen molar-refractivity contribution in [2.24, 2.45) is 5.92 Å². The van der Waals surface area contributed by atoms with E-state index in [1.54, 1.807) is 4.68 Å². The third-order valence-electron chi connectivity index (χ3n) is 6.27. The summed E-state index contributed by atoms with van der Waals surface area (Å²) in [5.74, 6) is 1.38. The zero-order valence-electron chi connectivity index (χ0n) is 15.9. The maximum Gasteiger partial charge on any atom is 0.250 e. The molecule has 1 amide bonds. The molecule has 9 nitrogen and oxygen atoms in total. The van der Waals surface area contributed by atoms with Gasteiger partial charge in [0.05, 0.1) is 5.69 Å². The van der Waals surface area contributed by atoms with E-state index in [1.165, 1.54) is 12.8 Å². The molecule has 3 aliphatic rings. The Balaban J connectivity index is 1.24. The highest BCUT2D eigenvalue weighted by atomic mass is 16.2. The van der Waals surface area contributed by atoms with Crippen LogP contribution in [-0.2, 0) is 4.79 Å². The van der Waals surface area contributed by atoms with Crippen LogP contribution < -0.4 is 15.8 Å². The van der Waals surface area contributed by atoms with E-state index in [1.807, 2.05) is 35.2 Å². The molecule has 2 aliphatic heterocycles. The molecule has 28 heavy (non-hydrogen) atoms. The first-order chi connectivity index (χ1) is 13.8. The van der Waals surface area contributed by atoms with Gasteiger partial charge in [0.1, 0.15) is 6.04 Å². The number of tetrazole rings is 1. The zero-order valence-corrected chi connectivity index (χ0v) is 15.9. The molecule has 3 unspecified atom stereocenters. The number of carbonyl (C=O) groups is 1. The Morgan fingerprint density at radius 1 is 1.00 bits per heavy atom. The molecule has 9 heteroatoms. The van der Waals surface area contributed by atoms with Crippen LogP contribution in [-0.4, -0.2) is 69.3 Å². The normalized spacial score (nSPS) is 27.6. The van der Waals surface area contributed by atoms with Gasteiger partial charge in [-0.25, -0.2) is 5.43 Å². The molecule has 3 heterocycles. The number of hydrogen-bond acceptors (Lipinski definition) is 7. The lowest BCUT2D eigenvalue weighted by Crippen LogP contribution is -2.55. The quantitative estimate of drug-likeness (QED) is 0.791. The number of fused-ring (bicyclic) bond motifs is 1. The fourth-order valence-electron chi connectivity index (χ4n) is 4.73. The van der Waals surface area contributed by atoms with Gasteiger partial charge in [0.15, 0.2) is 0 Å². The summed E-state index contributed by atoms with van der Waals surface area (Å²) in [5, 5.41) is 12.2. The average molecular weight is 382 g/mol. The number of aromatic nitrogens is 4. The highest BCUT2D eigenvalue weighted by Crippen LogP contribution is 2.31. The van der Waals surface area contributed by atoms with Crippen LogP contribution in [0.25, 0.3) is 5.69 Å². The molecule has 148 valence electrons. The van der Waals surface area contributed by atoms with Gasteiger partial charge in [-0.3, -0.25) is 10.2 Å². The monoisotopic (exact) mass is 382 g/mol. The van der Waals surface area contributed by atoms with Crippen molar-refractivity contribution in [2.45, 2.75) is 37.8 Å². The SMILES string of the molecule is O=C(C1NNC2CCCCC21)N1CCN(c2nnnn2-c2ccccc2)CC1. The summed E-state index contributed by atoms with van der Waals surface area (Å²) in [6.07, 6.45) is 4.78. The van der Waals surface area contributed by atoms with Crippen molar-refractivity contribution < 1.29 is 4.79 Å². The van der Waals surface area contributed by atoms with Crippen molar-refractivity contribution in [1.82, 2.24) is 36.0 Å². The van der Waals surface area contributed by atoms with Gasteiger partial charge in [-0.1, -0.05) is 36.1 Å². The largest absolute Gasteiger partial charge is 0.338 e. The lowest BCUT2D eigenvalue weighted by molar-refractivity contribution is -0.134. The van der Waals surface area contributed by atoms with Gasteiger partial charge in [-0.2, -0.15) is 4.68 Å². The number of amides is 1. The fraction of sp³-hybridized carbons (Fsp3) is 0.579. The maximum absolute atomic E-state index is 13.1. The average Bonchev–Trinajstić information content (AvgIpc) is 3.41. The Morgan fingerprint density at radius 2 is 1.79 bits per heavy atom. The van der Waals surface area contributed by atoms with Crippen LogP contribution in [0.3, 0.4) is 0 Å². The summed E-state index contributed by atoms with van der Waals surface area (Å²) in [5.41, 5.74) is 7.56. The summed E-state index contributed by atoms with van der Waals surface area (Å²) >= 11 is 0. The van der Waals surface area contributed by atoms with E-state index in [9.17, 15) is 4.79 Å². The molecule has 0 radical (unpaired) electrons. The minimum absolute atomic E-state index is 0.0912. The third-order valence-corrected chi connectivity index (χ3v) is 6.27. The molecule has 0 spiro atoms. The minimum Gasteiger partial charge on any atom is -0.338 e. The number of carbonyl (C=O) groups excluding carboxylic acids is 1. The van der Waals surface area contributed by atoms with Gasteiger partial charge in [0.2, 0.25) is 11.9 Å². The van der Waals surface area contributed by atoms with Crippen molar-refractivity contribution >= 4 is 11.9 Å². The van der Waals surface area contributed by atoms with Gasteiger partial charge in [-0.05, 0) is 35.4 Å². The number of rotatable bonds is 3. The Kier molecular flexibility index (Phi) is 4.69. The van der Waals surface area contributed by atoms with Crippen molar-refractivity contribution in [2.75, 3.05) is 31.1 Å². The minimum atomic E-state index is -0.0912. The maximum atomic E-state index is 13.1. The second-order valence-corrected chi connectivity index (χ2v) is 7.86. The van der Waals surface area contributed by atoms with Crippen LogP contribution in [0.2, 0.25) is 0 Å². The van der Waals surface area contributed by atoms with E-state index in [-0.39, 0.29) is 11.9 Å². The first-order valence-electron chi connectivity index (χ1n) is 10.2.